The molecule has 0 aliphatic heterocycles. The summed E-state index contributed by atoms with van der Waals surface area (Å²) < 4.78 is 0. The van der Waals surface area contributed by atoms with Crippen LogP contribution in [0.1, 0.15) is 25.7 Å². The first-order valence-electron chi connectivity index (χ1n) is 6.01. The van der Waals surface area contributed by atoms with E-state index in [-0.39, 0.29) is 25.0 Å². The van der Waals surface area contributed by atoms with Crippen LogP contribution in [0.25, 0.3) is 0 Å². The van der Waals surface area contributed by atoms with Crippen LogP contribution in [0.5, 0.6) is 0 Å². The van der Waals surface area contributed by atoms with E-state index in [0.29, 0.717) is 5.25 Å². The number of carbonyl (C=O) groups excluding carboxylic acids is 1. The molecule has 1 fully saturated rings. The number of rotatable bonds is 6. The van der Waals surface area contributed by atoms with Gasteiger partial charge in [-0.1, -0.05) is 0 Å². The van der Waals surface area contributed by atoms with Crippen LogP contribution in [0.3, 0.4) is 0 Å². The van der Waals surface area contributed by atoms with E-state index in [1.54, 1.807) is 0 Å². The molecule has 0 heterocycles. The van der Waals surface area contributed by atoms with Crippen molar-refractivity contribution in [3.8, 4) is 0 Å². The third-order valence-corrected chi connectivity index (χ3v) is 4.14. The zero-order valence-corrected chi connectivity index (χ0v) is 11.2. The number of aliphatic carboxylic acids is 1. The van der Waals surface area contributed by atoms with Crippen molar-refractivity contribution >= 4 is 23.8 Å². The Bertz CT molecular complexity index is 301. The molecule has 6 nitrogen and oxygen atoms in total. The van der Waals surface area contributed by atoms with Gasteiger partial charge in [-0.25, -0.2) is 9.59 Å². The van der Waals surface area contributed by atoms with Gasteiger partial charge in [-0.3, -0.25) is 0 Å². The number of carboxylic acids is 1. The van der Waals surface area contributed by atoms with Gasteiger partial charge in [-0.05, 0) is 25.5 Å². The summed E-state index contributed by atoms with van der Waals surface area (Å²) in [6.45, 7) is 0.151. The highest BCUT2D eigenvalue weighted by Gasteiger charge is 2.25. The summed E-state index contributed by atoms with van der Waals surface area (Å²) in [6, 6.07) is -0.0915. The quantitative estimate of drug-likeness (QED) is 0.563. The lowest BCUT2D eigenvalue weighted by Crippen LogP contribution is -2.42. The number of thioether (sulfide) groups is 1. The normalized spacial score (nSPS) is 24.6. The van der Waals surface area contributed by atoms with Crippen molar-refractivity contribution in [3.63, 3.8) is 0 Å². The van der Waals surface area contributed by atoms with Gasteiger partial charge in [0.25, 0.3) is 0 Å². The van der Waals surface area contributed by atoms with Gasteiger partial charge in [-0.15, -0.1) is 0 Å². The van der Waals surface area contributed by atoms with Crippen molar-refractivity contribution in [1.29, 1.82) is 0 Å². The summed E-state index contributed by atoms with van der Waals surface area (Å²) >= 11 is 1.82. The summed E-state index contributed by atoms with van der Waals surface area (Å²) in [5.74, 6) is -1.27. The summed E-state index contributed by atoms with van der Waals surface area (Å²) in [7, 11) is 0. The number of nitrogens with one attached hydrogen (secondary N) is 2. The van der Waals surface area contributed by atoms with Gasteiger partial charge in [0.05, 0.1) is 0 Å². The van der Waals surface area contributed by atoms with Crippen LogP contribution < -0.4 is 10.6 Å². The highest BCUT2D eigenvalue weighted by molar-refractivity contribution is 7.99. The first-order chi connectivity index (χ1) is 8.52. The monoisotopic (exact) mass is 276 g/mol. The molecule has 0 aromatic rings. The number of carboxylic acid groups (broad SMARTS) is 1. The lowest BCUT2D eigenvalue weighted by Gasteiger charge is -2.14. The number of hydrogen-bond donors (Lipinski definition) is 4. The predicted molar refractivity (Wildman–Crippen MR) is 69.7 cm³/mol. The van der Waals surface area contributed by atoms with Crippen LogP contribution in [0.15, 0.2) is 0 Å². The molecule has 0 radical (unpaired) electrons. The number of aliphatic hydroxyl groups is 1. The third kappa shape index (κ3) is 5.14. The lowest BCUT2D eigenvalue weighted by atomic mass is 10.2. The summed E-state index contributed by atoms with van der Waals surface area (Å²) in [6.07, 6.45) is 3.74. The molecule has 18 heavy (non-hydrogen) atoms. The molecular weight excluding hydrogens is 256 g/mol. The molecule has 7 heteroatoms. The van der Waals surface area contributed by atoms with Crippen LogP contribution in [-0.4, -0.2) is 52.4 Å². The SMILES string of the molecule is CSC1CCC(NC(=O)NCC[C@H](O)C(=O)O)C1. The minimum Gasteiger partial charge on any atom is -0.479 e. The van der Waals surface area contributed by atoms with Gasteiger partial charge in [0.15, 0.2) is 6.10 Å². The van der Waals surface area contributed by atoms with Crippen molar-refractivity contribution in [2.75, 3.05) is 12.8 Å². The van der Waals surface area contributed by atoms with Crippen molar-refractivity contribution < 1.29 is 19.8 Å². The lowest BCUT2D eigenvalue weighted by molar-refractivity contribution is -0.146. The van der Waals surface area contributed by atoms with Crippen molar-refractivity contribution in [2.45, 2.75) is 43.1 Å². The number of amides is 2. The summed E-state index contributed by atoms with van der Waals surface area (Å²) in [5.41, 5.74) is 0. The Kier molecular flexibility index (Phi) is 6.28. The molecule has 1 aliphatic carbocycles. The molecule has 0 bridgehead atoms. The summed E-state index contributed by atoms with van der Waals surface area (Å²) in [4.78, 5) is 21.8. The maximum absolute atomic E-state index is 11.5. The smallest absolute Gasteiger partial charge is 0.332 e. The van der Waals surface area contributed by atoms with E-state index in [1.807, 2.05) is 11.8 Å². The highest BCUT2D eigenvalue weighted by Crippen LogP contribution is 2.27. The second-order valence-corrected chi connectivity index (χ2v) is 5.55. The van der Waals surface area contributed by atoms with E-state index in [9.17, 15) is 9.59 Å². The molecule has 1 saturated carbocycles. The Morgan fingerprint density at radius 1 is 1.44 bits per heavy atom. The van der Waals surface area contributed by atoms with Gasteiger partial charge in [-0.2, -0.15) is 11.8 Å². The first-order valence-corrected chi connectivity index (χ1v) is 7.29. The summed E-state index contributed by atoms with van der Waals surface area (Å²) in [5, 5.41) is 23.5. The molecule has 4 N–H and O–H groups in total. The van der Waals surface area contributed by atoms with Crippen LogP contribution in [-0.2, 0) is 4.79 Å². The van der Waals surface area contributed by atoms with E-state index in [4.69, 9.17) is 10.2 Å². The Hall–Kier alpha value is -0.950. The molecule has 104 valence electrons. The van der Waals surface area contributed by atoms with Crippen molar-refractivity contribution in [3.05, 3.63) is 0 Å². The maximum Gasteiger partial charge on any atom is 0.332 e. The van der Waals surface area contributed by atoms with Gasteiger partial charge in [0.2, 0.25) is 0 Å². The number of carbonyl (C=O) groups is 2. The van der Waals surface area contributed by atoms with Crippen molar-refractivity contribution in [2.24, 2.45) is 0 Å². The molecule has 0 saturated heterocycles. The third-order valence-electron chi connectivity index (χ3n) is 3.04. The van der Waals surface area contributed by atoms with E-state index >= 15 is 0 Å². The molecule has 1 aliphatic rings. The van der Waals surface area contributed by atoms with Gasteiger partial charge in [0, 0.05) is 24.3 Å². The molecule has 3 atom stereocenters. The van der Waals surface area contributed by atoms with Gasteiger partial charge in [0.1, 0.15) is 0 Å². The van der Waals surface area contributed by atoms with Crippen LogP contribution in [0.4, 0.5) is 4.79 Å². The molecule has 2 unspecified atom stereocenters. The Labute approximate surface area is 111 Å². The molecular formula is C11H20N2O4S. The van der Waals surface area contributed by atoms with Gasteiger partial charge < -0.3 is 20.8 Å². The fourth-order valence-corrected chi connectivity index (χ4v) is 2.76. The Balaban J connectivity index is 2.13. The fourth-order valence-electron chi connectivity index (χ4n) is 1.97. The zero-order chi connectivity index (χ0) is 13.5. The maximum atomic E-state index is 11.5. The van der Waals surface area contributed by atoms with E-state index in [0.717, 1.165) is 19.3 Å². The predicted octanol–water partition coefficient (Wildman–Crippen LogP) is 0.405. The average molecular weight is 276 g/mol. The van der Waals surface area contributed by atoms with Crippen LogP contribution in [0, 0.1) is 0 Å². The molecule has 0 aromatic heterocycles. The topological polar surface area (TPSA) is 98.7 Å². The fraction of sp³-hybridized carbons (Fsp3) is 0.818. The van der Waals surface area contributed by atoms with Crippen LogP contribution >= 0.6 is 11.8 Å². The number of urea groups is 1. The molecule has 0 aromatic carbocycles. The van der Waals surface area contributed by atoms with E-state index in [2.05, 4.69) is 16.9 Å². The Morgan fingerprint density at radius 3 is 2.72 bits per heavy atom. The standard InChI is InChI=1S/C11H20N2O4S/c1-18-8-3-2-7(6-8)13-11(17)12-5-4-9(14)10(15)16/h7-9,14H,2-6H2,1H3,(H,15,16)(H2,12,13,17)/t7?,8?,9-/m0/s1. The number of hydrogen-bond acceptors (Lipinski definition) is 4. The second-order valence-electron chi connectivity index (χ2n) is 4.41. The molecule has 2 amide bonds. The van der Waals surface area contributed by atoms with Crippen LogP contribution in [0.2, 0.25) is 0 Å². The largest absolute Gasteiger partial charge is 0.479 e. The highest BCUT2D eigenvalue weighted by atomic mass is 32.2. The van der Waals surface area contributed by atoms with E-state index < -0.39 is 12.1 Å². The van der Waals surface area contributed by atoms with E-state index in [1.165, 1.54) is 0 Å². The number of aliphatic hydroxyl groups excluding tert-OH is 1. The average Bonchev–Trinajstić information content (AvgIpc) is 2.76. The molecule has 1 rings (SSSR count). The van der Waals surface area contributed by atoms with Gasteiger partial charge >= 0.3 is 12.0 Å². The minimum absolute atomic E-state index is 0.0147. The second kappa shape index (κ2) is 7.48. The molecule has 0 spiro atoms. The zero-order valence-electron chi connectivity index (χ0n) is 10.4. The first kappa shape index (κ1) is 15.1. The van der Waals surface area contributed by atoms with Crippen molar-refractivity contribution in [1.82, 2.24) is 10.6 Å². The Morgan fingerprint density at radius 2 is 2.17 bits per heavy atom. The minimum atomic E-state index is -1.42.